The van der Waals surface area contributed by atoms with E-state index in [0.717, 1.165) is 24.6 Å². The Morgan fingerprint density at radius 3 is 3.06 bits per heavy atom. The summed E-state index contributed by atoms with van der Waals surface area (Å²) in [5.41, 5.74) is 6.75. The molecule has 17 heavy (non-hydrogen) atoms. The molecule has 0 saturated carbocycles. The van der Waals surface area contributed by atoms with Crippen LogP contribution in [0.2, 0.25) is 0 Å². The van der Waals surface area contributed by atoms with Crippen molar-refractivity contribution < 1.29 is 0 Å². The van der Waals surface area contributed by atoms with Gasteiger partial charge in [0.05, 0.1) is 5.69 Å². The zero-order chi connectivity index (χ0) is 12.3. The van der Waals surface area contributed by atoms with Crippen LogP contribution >= 0.6 is 11.3 Å². The Hall–Kier alpha value is -0.650. The van der Waals surface area contributed by atoms with Crippen molar-refractivity contribution in [2.45, 2.75) is 12.8 Å². The number of nitrogens with zero attached hydrogens (tertiary/aromatic N) is 3. The second kappa shape index (κ2) is 5.80. The standard InChI is InChI=1S/C12H22N4S/c1-15-5-3-10(7-15)8-16(2)6-4-11-9-17-12(13)14-11/h9-10H,3-8H2,1-2H3,(H2,13,14). The number of nitrogen functional groups attached to an aromatic ring is 1. The van der Waals surface area contributed by atoms with Gasteiger partial charge < -0.3 is 15.5 Å². The second-order valence-electron chi connectivity index (χ2n) is 5.11. The molecule has 0 radical (unpaired) electrons. The summed E-state index contributed by atoms with van der Waals surface area (Å²) in [6.45, 7) is 4.77. The lowest BCUT2D eigenvalue weighted by molar-refractivity contribution is 0.276. The lowest BCUT2D eigenvalue weighted by atomic mass is 10.1. The van der Waals surface area contributed by atoms with E-state index in [-0.39, 0.29) is 0 Å². The normalized spacial score (nSPS) is 21.5. The van der Waals surface area contributed by atoms with Gasteiger partial charge in [0, 0.05) is 31.4 Å². The lowest BCUT2D eigenvalue weighted by Gasteiger charge is -2.20. The van der Waals surface area contributed by atoms with Crippen LogP contribution in [0.5, 0.6) is 0 Å². The Kier molecular flexibility index (Phi) is 4.36. The number of thiazole rings is 1. The highest BCUT2D eigenvalue weighted by Crippen LogP contribution is 2.16. The molecule has 1 aromatic heterocycles. The predicted molar refractivity (Wildman–Crippen MR) is 73.3 cm³/mol. The maximum Gasteiger partial charge on any atom is 0.180 e. The van der Waals surface area contributed by atoms with Crippen molar-refractivity contribution in [1.29, 1.82) is 0 Å². The quantitative estimate of drug-likeness (QED) is 0.856. The van der Waals surface area contributed by atoms with Crippen molar-refractivity contribution in [3.8, 4) is 0 Å². The summed E-state index contributed by atoms with van der Waals surface area (Å²) in [5, 5.41) is 2.74. The molecule has 1 saturated heterocycles. The first-order valence-corrected chi connectivity index (χ1v) is 7.08. The molecule has 0 aromatic carbocycles. The highest BCUT2D eigenvalue weighted by molar-refractivity contribution is 7.13. The third-order valence-corrected chi connectivity index (χ3v) is 4.10. The summed E-state index contributed by atoms with van der Waals surface area (Å²) < 4.78 is 0. The Balaban J connectivity index is 1.68. The van der Waals surface area contributed by atoms with Gasteiger partial charge in [0.15, 0.2) is 5.13 Å². The largest absolute Gasteiger partial charge is 0.375 e. The fourth-order valence-corrected chi connectivity index (χ4v) is 3.05. The Morgan fingerprint density at radius 2 is 2.47 bits per heavy atom. The second-order valence-corrected chi connectivity index (χ2v) is 6.00. The first-order valence-electron chi connectivity index (χ1n) is 6.20. The zero-order valence-corrected chi connectivity index (χ0v) is 11.5. The molecule has 1 aliphatic heterocycles. The maximum atomic E-state index is 5.62. The van der Waals surface area contributed by atoms with E-state index >= 15 is 0 Å². The summed E-state index contributed by atoms with van der Waals surface area (Å²) in [6.07, 6.45) is 2.34. The molecule has 1 unspecified atom stereocenters. The van der Waals surface area contributed by atoms with E-state index in [1.807, 2.05) is 0 Å². The number of hydrogen-bond donors (Lipinski definition) is 1. The van der Waals surface area contributed by atoms with E-state index in [1.54, 1.807) is 0 Å². The molecule has 2 heterocycles. The molecular weight excluding hydrogens is 232 g/mol. The summed E-state index contributed by atoms with van der Waals surface area (Å²) in [4.78, 5) is 9.12. The minimum atomic E-state index is 0.681. The molecule has 1 aliphatic rings. The number of hydrogen-bond acceptors (Lipinski definition) is 5. The van der Waals surface area contributed by atoms with Gasteiger partial charge in [0.1, 0.15) is 0 Å². The van der Waals surface area contributed by atoms with Crippen LogP contribution in [0.15, 0.2) is 5.38 Å². The third-order valence-electron chi connectivity index (χ3n) is 3.38. The topological polar surface area (TPSA) is 45.4 Å². The summed E-state index contributed by atoms with van der Waals surface area (Å²) in [6, 6.07) is 0. The number of rotatable bonds is 5. The zero-order valence-electron chi connectivity index (χ0n) is 10.7. The van der Waals surface area contributed by atoms with Crippen LogP contribution in [-0.2, 0) is 6.42 Å². The van der Waals surface area contributed by atoms with E-state index < -0.39 is 0 Å². The van der Waals surface area contributed by atoms with Crippen LogP contribution in [0.25, 0.3) is 0 Å². The predicted octanol–water partition coefficient (Wildman–Crippen LogP) is 1.15. The molecule has 2 rings (SSSR count). The maximum absolute atomic E-state index is 5.62. The molecule has 5 heteroatoms. The van der Waals surface area contributed by atoms with Crippen molar-refractivity contribution in [3.63, 3.8) is 0 Å². The molecule has 1 fully saturated rings. The molecule has 96 valence electrons. The van der Waals surface area contributed by atoms with Gasteiger partial charge in [-0.2, -0.15) is 0 Å². The van der Waals surface area contributed by atoms with Gasteiger partial charge in [-0.15, -0.1) is 11.3 Å². The number of likely N-dealkylation sites (N-methyl/N-ethyl adjacent to an activating group) is 1. The van der Waals surface area contributed by atoms with E-state index in [2.05, 4.69) is 34.3 Å². The van der Waals surface area contributed by atoms with E-state index in [1.165, 1.54) is 37.4 Å². The van der Waals surface area contributed by atoms with Crippen LogP contribution in [0.4, 0.5) is 5.13 Å². The highest BCUT2D eigenvalue weighted by Gasteiger charge is 2.20. The van der Waals surface area contributed by atoms with E-state index in [4.69, 9.17) is 5.73 Å². The number of nitrogens with two attached hydrogens (primary N) is 1. The Bertz CT molecular complexity index is 352. The average Bonchev–Trinajstić information content (AvgIpc) is 2.85. The molecule has 0 aliphatic carbocycles. The van der Waals surface area contributed by atoms with Crippen molar-refractivity contribution in [2.24, 2.45) is 5.92 Å². The van der Waals surface area contributed by atoms with E-state index in [9.17, 15) is 0 Å². The van der Waals surface area contributed by atoms with E-state index in [0.29, 0.717) is 5.13 Å². The first kappa shape index (κ1) is 12.8. The van der Waals surface area contributed by atoms with Crippen LogP contribution in [0.3, 0.4) is 0 Å². The van der Waals surface area contributed by atoms with Gasteiger partial charge in [-0.3, -0.25) is 0 Å². The van der Waals surface area contributed by atoms with Crippen LogP contribution < -0.4 is 5.73 Å². The summed E-state index contributed by atoms with van der Waals surface area (Å²) >= 11 is 1.53. The van der Waals surface area contributed by atoms with Gasteiger partial charge in [-0.25, -0.2) is 4.98 Å². The Morgan fingerprint density at radius 1 is 1.65 bits per heavy atom. The van der Waals surface area contributed by atoms with Gasteiger partial charge in [-0.05, 0) is 33.0 Å². The van der Waals surface area contributed by atoms with Crippen molar-refractivity contribution >= 4 is 16.5 Å². The van der Waals surface area contributed by atoms with Crippen molar-refractivity contribution in [2.75, 3.05) is 46.0 Å². The molecule has 1 aromatic rings. The highest BCUT2D eigenvalue weighted by atomic mass is 32.1. The SMILES string of the molecule is CN(CCc1csc(N)n1)CC1CCN(C)C1. The third kappa shape index (κ3) is 3.94. The lowest BCUT2D eigenvalue weighted by Crippen LogP contribution is -2.29. The van der Waals surface area contributed by atoms with Crippen LogP contribution in [0.1, 0.15) is 12.1 Å². The number of anilines is 1. The van der Waals surface area contributed by atoms with Crippen LogP contribution in [-0.4, -0.2) is 55.1 Å². The molecule has 1 atom stereocenters. The van der Waals surface area contributed by atoms with Gasteiger partial charge >= 0.3 is 0 Å². The summed E-state index contributed by atoms with van der Waals surface area (Å²) in [7, 11) is 4.41. The average molecular weight is 254 g/mol. The number of aromatic nitrogens is 1. The van der Waals surface area contributed by atoms with Crippen molar-refractivity contribution in [3.05, 3.63) is 11.1 Å². The minimum absolute atomic E-state index is 0.681. The van der Waals surface area contributed by atoms with Crippen LogP contribution in [0, 0.1) is 5.92 Å². The first-order chi connectivity index (χ1) is 8.13. The molecule has 0 bridgehead atoms. The molecule has 4 nitrogen and oxygen atoms in total. The molecular formula is C12H22N4S. The Labute approximate surface area is 107 Å². The van der Waals surface area contributed by atoms with Gasteiger partial charge in [-0.1, -0.05) is 0 Å². The van der Waals surface area contributed by atoms with Gasteiger partial charge in [0.25, 0.3) is 0 Å². The monoisotopic (exact) mass is 254 g/mol. The summed E-state index contributed by atoms with van der Waals surface area (Å²) in [5.74, 6) is 0.838. The molecule has 0 spiro atoms. The van der Waals surface area contributed by atoms with Gasteiger partial charge in [0.2, 0.25) is 0 Å². The molecule has 2 N–H and O–H groups in total. The molecule has 0 amide bonds. The van der Waals surface area contributed by atoms with Crippen molar-refractivity contribution in [1.82, 2.24) is 14.8 Å². The fourth-order valence-electron chi connectivity index (χ4n) is 2.45. The fraction of sp³-hybridized carbons (Fsp3) is 0.750. The number of likely N-dealkylation sites (tertiary alicyclic amines) is 1. The smallest absolute Gasteiger partial charge is 0.180 e. The minimum Gasteiger partial charge on any atom is -0.375 e.